The number of aromatic carboxylic acids is 1. The van der Waals surface area contributed by atoms with Crippen molar-refractivity contribution < 1.29 is 24.5 Å². The van der Waals surface area contributed by atoms with E-state index >= 15 is 0 Å². The van der Waals surface area contributed by atoms with E-state index in [4.69, 9.17) is 9.52 Å². The van der Waals surface area contributed by atoms with Crippen molar-refractivity contribution in [2.45, 2.75) is 6.54 Å². The Bertz CT molecular complexity index is 992. The molecule has 0 unspecified atom stereocenters. The number of fused-ring (bicyclic) bond motifs is 1. The minimum absolute atomic E-state index is 0.139. The molecule has 0 saturated carbocycles. The van der Waals surface area contributed by atoms with Gasteiger partial charge in [-0.25, -0.2) is 9.59 Å². The van der Waals surface area contributed by atoms with Gasteiger partial charge in [-0.05, 0) is 29.8 Å². The second-order valence-electron chi connectivity index (χ2n) is 5.17. The van der Waals surface area contributed by atoms with Crippen LogP contribution in [-0.4, -0.2) is 21.3 Å². The third-order valence-electron chi connectivity index (χ3n) is 3.52. The van der Waals surface area contributed by atoms with Crippen LogP contribution < -0.4 is 10.9 Å². The molecule has 4 N–H and O–H groups in total. The number of nitrogens with one attached hydrogen (secondary N) is 1. The van der Waals surface area contributed by atoms with Crippen LogP contribution in [0.4, 0.5) is 5.69 Å². The summed E-state index contributed by atoms with van der Waals surface area (Å²) >= 11 is 0. The van der Waals surface area contributed by atoms with Crippen LogP contribution in [0, 0.1) is 0 Å². The molecule has 0 aliphatic heterocycles. The number of phenolic OH excluding ortho intramolecular Hbond substituents is 2. The lowest BCUT2D eigenvalue weighted by Gasteiger charge is -2.10. The predicted molar refractivity (Wildman–Crippen MR) is 86.5 cm³/mol. The fraction of sp³-hybridized carbons (Fsp3) is 0.0588. The Morgan fingerprint density at radius 1 is 1.08 bits per heavy atom. The van der Waals surface area contributed by atoms with Crippen molar-refractivity contribution in [3.63, 3.8) is 0 Å². The molecule has 122 valence electrons. The maximum absolute atomic E-state index is 11.6. The van der Waals surface area contributed by atoms with Gasteiger partial charge in [-0.2, -0.15) is 0 Å². The van der Waals surface area contributed by atoms with Crippen LogP contribution in [0.15, 0.2) is 51.7 Å². The number of carboxylic acids is 1. The fourth-order valence-electron chi connectivity index (χ4n) is 2.36. The molecular weight excluding hydrogens is 314 g/mol. The molecule has 0 radical (unpaired) electrons. The van der Waals surface area contributed by atoms with Gasteiger partial charge in [0.1, 0.15) is 5.58 Å². The number of carbonyl (C=O) groups is 1. The number of hydrogen-bond donors (Lipinski definition) is 4. The second kappa shape index (κ2) is 5.96. The van der Waals surface area contributed by atoms with Crippen LogP contribution in [-0.2, 0) is 6.54 Å². The molecular formula is C17H13NO6. The molecule has 0 aliphatic rings. The van der Waals surface area contributed by atoms with Gasteiger partial charge < -0.3 is 25.1 Å². The lowest BCUT2D eigenvalue weighted by molar-refractivity contribution is 0.0697. The minimum atomic E-state index is -1.04. The number of rotatable bonds is 4. The molecule has 0 saturated heterocycles. The van der Waals surface area contributed by atoms with Crippen molar-refractivity contribution in [2.75, 3.05) is 5.32 Å². The summed E-state index contributed by atoms with van der Waals surface area (Å²) in [6.07, 6.45) is 0. The first-order valence-electron chi connectivity index (χ1n) is 7.00. The number of aromatic hydroxyl groups is 2. The number of carboxylic acid groups (broad SMARTS) is 1. The van der Waals surface area contributed by atoms with Crippen molar-refractivity contribution in [3.05, 3.63) is 64.0 Å². The van der Waals surface area contributed by atoms with Crippen LogP contribution in [0.2, 0.25) is 0 Å². The highest BCUT2D eigenvalue weighted by Gasteiger charge is 2.10. The number of anilines is 1. The van der Waals surface area contributed by atoms with E-state index in [2.05, 4.69) is 5.32 Å². The molecule has 24 heavy (non-hydrogen) atoms. The van der Waals surface area contributed by atoms with Gasteiger partial charge in [0.05, 0.1) is 5.56 Å². The van der Waals surface area contributed by atoms with E-state index in [9.17, 15) is 19.8 Å². The molecule has 0 fully saturated rings. The molecule has 3 aromatic rings. The average molecular weight is 327 g/mol. The molecule has 0 amide bonds. The van der Waals surface area contributed by atoms with Crippen molar-refractivity contribution in [2.24, 2.45) is 0 Å². The minimum Gasteiger partial charge on any atom is -0.504 e. The Balaban J connectivity index is 1.95. The normalized spacial score (nSPS) is 10.7. The monoisotopic (exact) mass is 327 g/mol. The van der Waals surface area contributed by atoms with E-state index in [-0.39, 0.29) is 29.2 Å². The standard InChI is InChI=1S/C17H13NO6/c19-13-6-12-10(5-16(21)24-15(12)7-14(13)20)8-18-11-3-1-2-9(4-11)17(22)23/h1-7,18-20H,8H2,(H,22,23). The zero-order valence-electron chi connectivity index (χ0n) is 12.3. The van der Waals surface area contributed by atoms with Crippen LogP contribution in [0.3, 0.4) is 0 Å². The summed E-state index contributed by atoms with van der Waals surface area (Å²) in [6.45, 7) is 0.204. The zero-order chi connectivity index (χ0) is 17.3. The SMILES string of the molecule is O=C(O)c1cccc(NCc2cc(=O)oc3cc(O)c(O)cc23)c1. The molecule has 0 spiro atoms. The first-order chi connectivity index (χ1) is 11.4. The van der Waals surface area contributed by atoms with Crippen LogP contribution in [0.5, 0.6) is 11.5 Å². The van der Waals surface area contributed by atoms with Gasteiger partial charge in [-0.1, -0.05) is 6.07 Å². The van der Waals surface area contributed by atoms with Crippen molar-refractivity contribution in [1.82, 2.24) is 0 Å². The summed E-state index contributed by atoms with van der Waals surface area (Å²) in [6, 6.07) is 9.99. The highest BCUT2D eigenvalue weighted by Crippen LogP contribution is 2.31. The summed E-state index contributed by atoms with van der Waals surface area (Å²) in [5.74, 6) is -1.75. The fourth-order valence-corrected chi connectivity index (χ4v) is 2.36. The van der Waals surface area contributed by atoms with E-state index in [1.54, 1.807) is 12.1 Å². The van der Waals surface area contributed by atoms with Crippen molar-refractivity contribution >= 4 is 22.6 Å². The van der Waals surface area contributed by atoms with Gasteiger partial charge >= 0.3 is 11.6 Å². The number of phenols is 2. The molecule has 0 atom stereocenters. The molecule has 0 aliphatic carbocycles. The van der Waals surface area contributed by atoms with Gasteiger partial charge in [0.15, 0.2) is 11.5 Å². The summed E-state index contributed by atoms with van der Waals surface area (Å²) in [5.41, 5.74) is 0.800. The molecule has 7 nitrogen and oxygen atoms in total. The van der Waals surface area contributed by atoms with Gasteiger partial charge in [0.2, 0.25) is 0 Å². The highest BCUT2D eigenvalue weighted by atomic mass is 16.4. The lowest BCUT2D eigenvalue weighted by Crippen LogP contribution is -2.06. The average Bonchev–Trinajstić information content (AvgIpc) is 2.54. The van der Waals surface area contributed by atoms with Crippen molar-refractivity contribution in [1.29, 1.82) is 0 Å². The first-order valence-corrected chi connectivity index (χ1v) is 7.00. The Hall–Kier alpha value is -3.48. The Morgan fingerprint density at radius 3 is 2.58 bits per heavy atom. The van der Waals surface area contributed by atoms with E-state index in [1.165, 1.54) is 30.3 Å². The topological polar surface area (TPSA) is 120 Å². The third-order valence-corrected chi connectivity index (χ3v) is 3.52. The number of benzene rings is 2. The lowest BCUT2D eigenvalue weighted by atomic mass is 10.1. The maximum atomic E-state index is 11.6. The largest absolute Gasteiger partial charge is 0.504 e. The summed E-state index contributed by atoms with van der Waals surface area (Å²) in [4.78, 5) is 22.6. The molecule has 3 rings (SSSR count). The van der Waals surface area contributed by atoms with Gasteiger partial charge in [-0.15, -0.1) is 0 Å². The zero-order valence-corrected chi connectivity index (χ0v) is 12.3. The van der Waals surface area contributed by atoms with Crippen LogP contribution in [0.25, 0.3) is 11.0 Å². The van der Waals surface area contributed by atoms with E-state index < -0.39 is 11.6 Å². The highest BCUT2D eigenvalue weighted by molar-refractivity contribution is 5.89. The summed E-state index contributed by atoms with van der Waals surface area (Å²) < 4.78 is 5.01. The summed E-state index contributed by atoms with van der Waals surface area (Å²) in [5, 5.41) is 31.6. The van der Waals surface area contributed by atoms with E-state index in [0.717, 1.165) is 0 Å². The Morgan fingerprint density at radius 2 is 1.83 bits per heavy atom. The summed E-state index contributed by atoms with van der Waals surface area (Å²) in [7, 11) is 0. The van der Waals surface area contributed by atoms with Crippen LogP contribution in [0.1, 0.15) is 15.9 Å². The molecule has 7 heteroatoms. The van der Waals surface area contributed by atoms with Gasteiger partial charge in [0, 0.05) is 29.8 Å². The second-order valence-corrected chi connectivity index (χ2v) is 5.17. The number of hydrogen-bond acceptors (Lipinski definition) is 6. The smallest absolute Gasteiger partial charge is 0.336 e. The Labute approximate surface area is 135 Å². The predicted octanol–water partition coefficient (Wildman–Crippen LogP) is 2.51. The van der Waals surface area contributed by atoms with Crippen LogP contribution >= 0.6 is 0 Å². The van der Waals surface area contributed by atoms with E-state index in [0.29, 0.717) is 16.6 Å². The quantitative estimate of drug-likeness (QED) is 0.429. The third kappa shape index (κ3) is 3.00. The molecule has 1 aromatic heterocycles. The van der Waals surface area contributed by atoms with E-state index in [1.807, 2.05) is 0 Å². The molecule has 1 heterocycles. The van der Waals surface area contributed by atoms with Gasteiger partial charge in [-0.3, -0.25) is 0 Å². The first kappa shape index (κ1) is 15.4. The molecule has 2 aromatic carbocycles. The molecule has 0 bridgehead atoms. The Kier molecular flexibility index (Phi) is 3.83. The maximum Gasteiger partial charge on any atom is 0.336 e. The van der Waals surface area contributed by atoms with Gasteiger partial charge in [0.25, 0.3) is 0 Å². The van der Waals surface area contributed by atoms with Crippen molar-refractivity contribution in [3.8, 4) is 11.5 Å².